The molecule has 37 nitrogen and oxygen atoms in total. The number of aliphatic hydroxyl groups is 5. The van der Waals surface area contributed by atoms with Crippen molar-refractivity contribution in [1.82, 2.24) is 81.0 Å². The van der Waals surface area contributed by atoms with E-state index in [-0.39, 0.29) is 114 Å². The van der Waals surface area contributed by atoms with Crippen molar-refractivity contribution in [1.29, 1.82) is 0 Å². The Hall–Kier alpha value is -12.6. The van der Waals surface area contributed by atoms with E-state index in [2.05, 4.69) is 66.0 Å². The van der Waals surface area contributed by atoms with E-state index in [4.69, 9.17) is 82.9 Å². The number of halogens is 5. The van der Waals surface area contributed by atoms with Crippen molar-refractivity contribution < 1.29 is 76.9 Å². The smallest absolute Gasteiger partial charge is 0.478 e. The van der Waals surface area contributed by atoms with Gasteiger partial charge in [-0.15, -0.1) is 11.6 Å². The lowest BCUT2D eigenvalue weighted by Crippen LogP contribution is -2.43. The number of anilines is 3. The molecule has 0 aromatic carbocycles. The number of carbonyl (C=O) groups excluding carboxylic acids is 1. The van der Waals surface area contributed by atoms with Gasteiger partial charge in [-0.25, -0.2) is 58.4 Å². The molecule has 4 saturated heterocycles. The normalized spacial score (nSPS) is 15.4. The van der Waals surface area contributed by atoms with E-state index in [0.29, 0.717) is 67.7 Å². The van der Waals surface area contributed by atoms with Crippen molar-refractivity contribution in [2.45, 2.75) is 184 Å². The van der Waals surface area contributed by atoms with Crippen molar-refractivity contribution in [3.63, 3.8) is 0 Å². The summed E-state index contributed by atoms with van der Waals surface area (Å²) in [5, 5.41) is 58.5. The van der Waals surface area contributed by atoms with Gasteiger partial charge in [-0.3, -0.25) is 32.4 Å². The van der Waals surface area contributed by atoms with Crippen molar-refractivity contribution in [3.8, 4) is 22.5 Å². The topological polar surface area (TPSA) is 476 Å². The molecule has 0 bridgehead atoms. The minimum absolute atomic E-state index is 0. The van der Waals surface area contributed by atoms with Gasteiger partial charge in [-0.1, -0.05) is 23.7 Å². The number of pyridine rings is 9. The van der Waals surface area contributed by atoms with Gasteiger partial charge >= 0.3 is 27.1 Å². The second-order valence-electron chi connectivity index (χ2n) is 36.6. The van der Waals surface area contributed by atoms with Gasteiger partial charge < -0.3 is 97.9 Å². The fraction of sp³-hybridized carbons (Fsp3) is 0.340. The first kappa shape index (κ1) is 111. The summed E-state index contributed by atoms with van der Waals surface area (Å²) < 4.78 is 74.3. The molecule has 20 heterocycles. The maximum Gasteiger partial charge on any atom is 0.496 e. The minimum atomic E-state index is -1.05. The van der Waals surface area contributed by atoms with Crippen LogP contribution in [0.1, 0.15) is 151 Å². The Morgan fingerprint density at radius 2 is 0.825 bits per heavy atom. The molecule has 0 atom stereocenters. The first-order valence-corrected chi connectivity index (χ1v) is 46.6. The number of ketones is 1. The molecular weight excluding hydrogens is 1950 g/mol. The Labute approximate surface area is 843 Å². The van der Waals surface area contributed by atoms with Gasteiger partial charge in [0.25, 0.3) is 16.7 Å². The number of nitrogens with two attached hydrogens (primary N) is 2. The number of aliphatic hydroxyl groups excluding tert-OH is 5. The molecule has 3 radical (unpaired) electrons. The molecule has 0 aliphatic carbocycles. The van der Waals surface area contributed by atoms with Gasteiger partial charge in [0, 0.05) is 177 Å². The van der Waals surface area contributed by atoms with Gasteiger partial charge in [0.1, 0.15) is 79.3 Å². The SMILES string of the molecule is CC(=O)CCl.CC1(C)OB(B2OC(C)(C)C(C)(C)O2)OC1(C)C.Cc1cn2cc(-c3cc(=O)n4cc(F)ccc4n3)cc(CO)c2n1.Cc1cn2cc(-c3cc(=O)n4cc(N5CCNCC5)ccc4n3)cc(CO)c2n1.Cc1cn2cc(B3OC(C)(C)C(C)(C)O3)cc(CO)c2n1.Cc1cn2cc(Br)cc(CO)c2n1.Nc1ncccc1C(=O)O.Nc1ncccc1CO.O=c1cc(Cl)nc2ccc(F)cn12.[B]. The number of alkyl halides is 1. The zero-order valence-corrected chi connectivity index (χ0v) is 85.1. The number of aromatic carboxylic acids is 1. The highest BCUT2D eigenvalue weighted by Crippen LogP contribution is 2.44. The lowest BCUT2D eigenvalue weighted by Gasteiger charge is -2.32. The molecular formula is C97H112B4BrCl2F2N20O17. The van der Waals surface area contributed by atoms with Crippen molar-refractivity contribution in [3.05, 3.63) is 292 Å². The third-order valence-electron chi connectivity index (χ3n) is 24.2. The summed E-state index contributed by atoms with van der Waals surface area (Å²) in [7, 11) is -1.39. The summed E-state index contributed by atoms with van der Waals surface area (Å²) in [6.07, 6.45) is 22.2. The van der Waals surface area contributed by atoms with E-state index in [1.807, 2.05) is 204 Å². The highest BCUT2D eigenvalue weighted by Gasteiger charge is 2.64. The van der Waals surface area contributed by atoms with Crippen LogP contribution in [0.15, 0.2) is 203 Å². The zero-order chi connectivity index (χ0) is 104. The highest BCUT2D eigenvalue weighted by molar-refractivity contribution is 9.10. The molecule has 4 aliphatic heterocycles. The van der Waals surface area contributed by atoms with Crippen LogP contribution in [0.25, 0.3) is 62.0 Å². The Morgan fingerprint density at radius 1 is 0.462 bits per heavy atom. The maximum atomic E-state index is 13.3. The first-order valence-electron chi connectivity index (χ1n) is 44.9. The van der Waals surface area contributed by atoms with Crippen molar-refractivity contribution >= 4 is 143 Å². The van der Waals surface area contributed by atoms with E-state index in [1.165, 1.54) is 55.6 Å². The standard InChI is InChI=1S/C21H22N6O2.C17H13FN4O2.C15H21BN2O3.C12H24B2O4.C9H9BrN2O.C8H4ClFN2O.C6H6N2O2.C6H8N2O.C3H5ClO.B/c1-14-10-26-11-15(8-16(13-28)21(26)23-14)18-9-20(29)27-12-17(2-3-19(27)24-18)25-6-4-22-5-7-25;1-10-6-21-7-11(4-12(9-23)17(21)19-10)14-5-16(24)22-8-13(18)2-3-15(22)20-14;1-10-7-18-8-12(6-11(9-19)13(18)17-10)16-20-14(2,3)15(4,5)21-16;1-9(2)10(3,4)16-13(15-9)14-17-11(5,6)12(7,8)18-14;1-6-3-12-4-8(10)2-7(5-13)9(12)11-6;9-6-3-8(13)12-4-5(10)1-2-7(12)11-6;7-5-4(6(9)10)2-1-3-8-5;7-6-5(4-9)2-1-3-8-6;1-3(5)2-4;/h2-3,8-12,22,28H,4-7,13H2,1H3;2-8,23H,9H2,1H3;6-8,19H,9H2,1-5H3;1-8H3;2-4,13H,5H2,1H3;1-4H;1-3H,(H2,7,8)(H,9,10);1-3,9H,4H2,(H2,7,8);2H2,1H3;. The number of rotatable bonds is 12. The van der Waals surface area contributed by atoms with Crippen LogP contribution in [0.5, 0.6) is 0 Å². The van der Waals surface area contributed by atoms with Gasteiger partial charge in [0.05, 0.1) is 112 Å². The van der Waals surface area contributed by atoms with E-state index >= 15 is 0 Å². The average molecular weight is 2060 g/mol. The summed E-state index contributed by atoms with van der Waals surface area (Å²) in [5.41, 5.74) is 23.4. The van der Waals surface area contributed by atoms with Crippen LogP contribution >= 0.6 is 39.1 Å². The molecule has 0 amide bonds. The van der Waals surface area contributed by atoms with E-state index in [1.54, 1.807) is 45.5 Å². The molecule has 4 aliphatic rings. The molecule has 46 heteroatoms. The molecule has 0 spiro atoms. The number of carbonyl (C=O) groups is 2. The number of carboxylic acids is 1. The minimum Gasteiger partial charge on any atom is -0.478 e. The van der Waals surface area contributed by atoms with E-state index in [0.717, 1.165) is 120 Å². The number of nitrogen functional groups attached to an aromatic ring is 2. The molecule has 16 aromatic rings. The first-order chi connectivity index (χ1) is 67.0. The Morgan fingerprint density at radius 3 is 1.22 bits per heavy atom. The molecule has 16 aromatic heterocycles. The number of fused-ring (bicyclic) bond motifs is 7. The number of carboxylic acid groups (broad SMARTS) is 1. The van der Waals surface area contributed by atoms with E-state index in [9.17, 15) is 48.1 Å². The quantitative estimate of drug-likeness (QED) is 0.0312. The van der Waals surface area contributed by atoms with Crippen LogP contribution in [0, 0.1) is 39.3 Å². The van der Waals surface area contributed by atoms with Crippen LogP contribution in [0.4, 0.5) is 26.1 Å². The molecule has 0 unspecified atom stereocenters. The van der Waals surface area contributed by atoms with Crippen LogP contribution in [0.3, 0.4) is 0 Å². The number of hydrogen-bond acceptors (Lipinski definition) is 29. The van der Waals surface area contributed by atoms with E-state index < -0.39 is 44.3 Å². The fourth-order valence-corrected chi connectivity index (χ4v) is 15.5. The summed E-state index contributed by atoms with van der Waals surface area (Å²) in [6, 6.07) is 27.0. The van der Waals surface area contributed by atoms with Crippen LogP contribution in [-0.4, -0.2) is 213 Å². The molecule has 143 heavy (non-hydrogen) atoms. The van der Waals surface area contributed by atoms with Crippen LogP contribution in [0.2, 0.25) is 5.15 Å². The van der Waals surface area contributed by atoms with Gasteiger partial charge in [-0.2, -0.15) is 0 Å². The van der Waals surface area contributed by atoms with Crippen molar-refractivity contribution in [2.24, 2.45) is 0 Å². The largest absolute Gasteiger partial charge is 0.496 e. The second kappa shape index (κ2) is 46.4. The molecule has 749 valence electrons. The number of Topliss-reactive ketones (excluding diaryl/α,β-unsaturated/α-hetero) is 1. The molecule has 20 rings (SSSR count). The molecule has 4 fully saturated rings. The van der Waals surface area contributed by atoms with Crippen LogP contribution in [-0.2, 0) is 65.8 Å². The lowest BCUT2D eigenvalue weighted by atomic mass is 9.49. The number of nitrogens with zero attached hydrogens (tertiary/aromatic N) is 17. The number of imidazole rings is 4. The van der Waals surface area contributed by atoms with Gasteiger partial charge in [0.2, 0.25) is 0 Å². The van der Waals surface area contributed by atoms with Gasteiger partial charge in [0.15, 0.2) is 0 Å². The Kier molecular flexibility index (Phi) is 35.9. The summed E-state index contributed by atoms with van der Waals surface area (Å²) in [5.74, 6) is -1.43. The number of hydrogen-bond donors (Lipinski definition) is 9. The monoisotopic (exact) mass is 2060 g/mol. The average Bonchev–Trinajstić information content (AvgIpc) is 1.61. The van der Waals surface area contributed by atoms with Gasteiger partial charge in [-0.05, 0) is 212 Å². The summed E-state index contributed by atoms with van der Waals surface area (Å²) in [4.78, 5) is 96.4. The third-order valence-corrected chi connectivity index (χ3v) is 25.2. The van der Waals surface area contributed by atoms with Crippen LogP contribution < -0.4 is 43.8 Å². The number of aryl methyl sites for hydroxylation is 4. The number of piperazine rings is 1. The van der Waals surface area contributed by atoms with Crippen molar-refractivity contribution in [2.75, 3.05) is 48.4 Å². The third kappa shape index (κ3) is 26.5. The fourth-order valence-electron chi connectivity index (χ4n) is 14.8. The number of nitrogens with one attached hydrogen (secondary N) is 1. The number of aromatic nitrogens is 16. The lowest BCUT2D eigenvalue weighted by molar-refractivity contribution is -0.114. The predicted molar refractivity (Wildman–Crippen MR) is 549 cm³/mol. The molecule has 11 N–H and O–H groups in total. The predicted octanol–water partition coefficient (Wildman–Crippen LogP) is 11.2. The highest BCUT2D eigenvalue weighted by atomic mass is 79.9. The summed E-state index contributed by atoms with van der Waals surface area (Å²) >= 11 is 13.9. The summed E-state index contributed by atoms with van der Waals surface area (Å²) in [6.45, 7) is 36.7. The molecule has 0 saturated carbocycles. The Balaban J connectivity index is 0.000000159. The second-order valence-corrected chi connectivity index (χ2v) is 38.1. The zero-order valence-electron chi connectivity index (χ0n) is 82.0. The maximum absolute atomic E-state index is 13.3. The Bertz CT molecular complexity index is 7410.